The van der Waals surface area contributed by atoms with Crippen molar-refractivity contribution in [2.45, 2.75) is 79.4 Å². The van der Waals surface area contributed by atoms with Crippen LogP contribution < -0.4 is 0 Å². The average molecular weight is 447 g/mol. The fourth-order valence-corrected chi connectivity index (χ4v) is 5.35. The van der Waals surface area contributed by atoms with Gasteiger partial charge < -0.3 is 19.0 Å². The van der Waals surface area contributed by atoms with Gasteiger partial charge in [0.05, 0.1) is 6.26 Å². The summed E-state index contributed by atoms with van der Waals surface area (Å²) < 4.78 is 17.5. The first-order valence-corrected chi connectivity index (χ1v) is 11.3. The summed E-state index contributed by atoms with van der Waals surface area (Å²) in [6.45, 7) is 11.0. The number of carbonyl (C=O) groups excluding carboxylic acids is 2. The minimum absolute atomic E-state index is 0.0868. The van der Waals surface area contributed by atoms with E-state index in [0.717, 1.165) is 16.9 Å². The van der Waals surface area contributed by atoms with Gasteiger partial charge in [0, 0.05) is 29.4 Å². The molecular weight excluding hydrogens is 412 g/mol. The third-order valence-electron chi connectivity index (χ3n) is 7.19. The number of carboxylic acid groups (broad SMARTS) is 1. The zero-order valence-corrected chi connectivity index (χ0v) is 19.8. The Hall–Kier alpha value is -2.57. The number of hydrogen-bond donors (Lipinski definition) is 1. The van der Waals surface area contributed by atoms with Gasteiger partial charge in [-0.1, -0.05) is 26.8 Å². The Balaban J connectivity index is 2.06. The Morgan fingerprint density at radius 3 is 2.56 bits per heavy atom. The van der Waals surface area contributed by atoms with Crippen molar-refractivity contribution in [3.63, 3.8) is 0 Å². The molecule has 7 nitrogen and oxygen atoms in total. The number of aliphatic carboxylic acids is 1. The van der Waals surface area contributed by atoms with Gasteiger partial charge in [-0.15, -0.1) is 0 Å². The van der Waals surface area contributed by atoms with E-state index in [1.54, 1.807) is 26.2 Å². The van der Waals surface area contributed by atoms with Crippen LogP contribution in [0.1, 0.15) is 76.9 Å². The SMILES string of the molecule is CC=C(C)C(=O)OC1CCC2Cc3occ(C)c3C(OC(=O)CC(C)C)C2(C)C1C(=O)O. The molecule has 0 aromatic carbocycles. The lowest BCUT2D eigenvalue weighted by Crippen LogP contribution is -2.56. The van der Waals surface area contributed by atoms with Gasteiger partial charge >= 0.3 is 17.9 Å². The van der Waals surface area contributed by atoms with E-state index < -0.39 is 35.5 Å². The molecule has 1 saturated carbocycles. The fourth-order valence-electron chi connectivity index (χ4n) is 5.35. The normalized spacial score (nSPS) is 29.8. The van der Waals surface area contributed by atoms with E-state index in [-0.39, 0.29) is 24.2 Å². The molecule has 2 aliphatic rings. The minimum atomic E-state index is -1.05. The van der Waals surface area contributed by atoms with Crippen molar-refractivity contribution in [1.29, 1.82) is 0 Å². The predicted molar refractivity (Wildman–Crippen MR) is 117 cm³/mol. The number of hydrogen-bond acceptors (Lipinski definition) is 6. The molecule has 1 heterocycles. The predicted octanol–water partition coefficient (Wildman–Crippen LogP) is 4.77. The smallest absolute Gasteiger partial charge is 0.333 e. The molecule has 2 aliphatic carbocycles. The van der Waals surface area contributed by atoms with Gasteiger partial charge in [0.15, 0.2) is 0 Å². The van der Waals surface area contributed by atoms with E-state index in [4.69, 9.17) is 13.9 Å². The van der Waals surface area contributed by atoms with Gasteiger partial charge in [0.25, 0.3) is 0 Å². The van der Waals surface area contributed by atoms with Crippen LogP contribution in [0.4, 0.5) is 0 Å². The highest BCUT2D eigenvalue weighted by Gasteiger charge is 2.62. The standard InChI is InChI=1S/C25H34O7/c1-7-14(4)24(29)31-17-9-8-16-11-18-20(15(5)12-30-18)22(32-19(26)10-13(2)3)25(16,6)21(17)23(27)28/h7,12-13,16-17,21-22H,8-11H2,1-6H3,(H,27,28). The summed E-state index contributed by atoms with van der Waals surface area (Å²) >= 11 is 0. The number of esters is 2. The lowest BCUT2D eigenvalue weighted by molar-refractivity contribution is -0.198. The number of ether oxygens (including phenoxy) is 2. The topological polar surface area (TPSA) is 103 Å². The first kappa shape index (κ1) is 24.1. The Morgan fingerprint density at radius 1 is 1.28 bits per heavy atom. The van der Waals surface area contributed by atoms with Crippen LogP contribution >= 0.6 is 0 Å². The summed E-state index contributed by atoms with van der Waals surface area (Å²) in [5.41, 5.74) is 1.06. The molecule has 1 aromatic rings. The molecule has 0 amide bonds. The summed E-state index contributed by atoms with van der Waals surface area (Å²) in [6.07, 6.45) is 3.56. The monoisotopic (exact) mass is 446 g/mol. The van der Waals surface area contributed by atoms with Crippen molar-refractivity contribution < 1.29 is 33.4 Å². The van der Waals surface area contributed by atoms with E-state index in [1.807, 2.05) is 27.7 Å². The minimum Gasteiger partial charge on any atom is -0.481 e. The van der Waals surface area contributed by atoms with Crippen LogP contribution in [-0.4, -0.2) is 29.1 Å². The number of aryl methyl sites for hydroxylation is 1. The fraction of sp³-hybridized carbons (Fsp3) is 0.640. The van der Waals surface area contributed by atoms with Crippen LogP contribution in [0, 0.1) is 30.1 Å². The summed E-state index contributed by atoms with van der Waals surface area (Å²) in [6, 6.07) is 0. The quantitative estimate of drug-likeness (QED) is 0.496. The van der Waals surface area contributed by atoms with Crippen molar-refractivity contribution in [2.24, 2.45) is 23.2 Å². The molecule has 0 radical (unpaired) electrons. The lowest BCUT2D eigenvalue weighted by Gasteiger charge is -2.53. The highest BCUT2D eigenvalue weighted by Crippen LogP contribution is 2.60. The Bertz CT molecular complexity index is 925. The van der Waals surface area contributed by atoms with E-state index >= 15 is 0 Å². The molecule has 5 unspecified atom stereocenters. The van der Waals surface area contributed by atoms with Crippen LogP contribution in [0.5, 0.6) is 0 Å². The maximum absolute atomic E-state index is 12.8. The average Bonchev–Trinajstić information content (AvgIpc) is 3.06. The van der Waals surface area contributed by atoms with Crippen LogP contribution in [0.3, 0.4) is 0 Å². The molecule has 1 aromatic heterocycles. The van der Waals surface area contributed by atoms with Crippen molar-refractivity contribution in [2.75, 3.05) is 0 Å². The van der Waals surface area contributed by atoms with E-state index in [0.29, 0.717) is 24.8 Å². The molecule has 7 heteroatoms. The number of carbonyl (C=O) groups is 3. The summed E-state index contributed by atoms with van der Waals surface area (Å²) in [4.78, 5) is 37.9. The van der Waals surface area contributed by atoms with E-state index in [1.165, 1.54) is 0 Å². The number of fused-ring (bicyclic) bond motifs is 2. The Morgan fingerprint density at radius 2 is 1.97 bits per heavy atom. The molecule has 1 N–H and O–H groups in total. The van der Waals surface area contributed by atoms with E-state index in [9.17, 15) is 19.5 Å². The molecular formula is C25H34O7. The molecule has 176 valence electrons. The molecule has 1 fully saturated rings. The summed E-state index contributed by atoms with van der Waals surface area (Å²) in [5, 5.41) is 10.3. The Labute approximate surface area is 189 Å². The molecule has 32 heavy (non-hydrogen) atoms. The van der Waals surface area contributed by atoms with Crippen molar-refractivity contribution in [3.05, 3.63) is 34.8 Å². The molecule has 0 bridgehead atoms. The maximum Gasteiger partial charge on any atom is 0.333 e. The third-order valence-corrected chi connectivity index (χ3v) is 7.19. The maximum atomic E-state index is 12.8. The van der Waals surface area contributed by atoms with Crippen LogP contribution in [0.25, 0.3) is 0 Å². The number of carboxylic acids is 1. The van der Waals surface area contributed by atoms with Gasteiger partial charge in [-0.2, -0.15) is 0 Å². The lowest BCUT2D eigenvalue weighted by atomic mass is 9.53. The second-order valence-corrected chi connectivity index (χ2v) is 9.80. The molecule has 3 rings (SSSR count). The van der Waals surface area contributed by atoms with Gasteiger partial charge in [-0.3, -0.25) is 9.59 Å². The zero-order chi connectivity index (χ0) is 23.8. The van der Waals surface area contributed by atoms with Crippen LogP contribution in [0.15, 0.2) is 22.3 Å². The Kier molecular flexibility index (Phi) is 6.86. The first-order valence-electron chi connectivity index (χ1n) is 11.3. The number of allylic oxidation sites excluding steroid dienone is 1. The van der Waals surface area contributed by atoms with Gasteiger partial charge in [-0.25, -0.2) is 4.79 Å². The van der Waals surface area contributed by atoms with Crippen LogP contribution in [0.2, 0.25) is 0 Å². The largest absolute Gasteiger partial charge is 0.481 e. The molecule has 5 atom stereocenters. The van der Waals surface area contributed by atoms with Crippen molar-refractivity contribution >= 4 is 17.9 Å². The second-order valence-electron chi connectivity index (χ2n) is 9.80. The zero-order valence-electron chi connectivity index (χ0n) is 19.8. The van der Waals surface area contributed by atoms with E-state index in [2.05, 4.69) is 0 Å². The second kappa shape index (κ2) is 9.12. The summed E-state index contributed by atoms with van der Waals surface area (Å²) in [7, 11) is 0. The number of rotatable bonds is 6. The van der Waals surface area contributed by atoms with Crippen LogP contribution in [-0.2, 0) is 30.3 Å². The van der Waals surface area contributed by atoms with Gasteiger partial charge in [-0.05, 0) is 51.0 Å². The number of furan rings is 1. The molecule has 0 spiro atoms. The van der Waals surface area contributed by atoms with Crippen molar-refractivity contribution in [3.8, 4) is 0 Å². The van der Waals surface area contributed by atoms with Crippen molar-refractivity contribution in [1.82, 2.24) is 0 Å². The third kappa shape index (κ3) is 4.21. The highest BCUT2D eigenvalue weighted by atomic mass is 16.6. The first-order chi connectivity index (χ1) is 15.0. The molecule has 0 aliphatic heterocycles. The summed E-state index contributed by atoms with van der Waals surface area (Å²) in [5.74, 6) is -2.19. The molecule has 0 saturated heterocycles. The highest BCUT2D eigenvalue weighted by molar-refractivity contribution is 5.88. The van der Waals surface area contributed by atoms with Gasteiger partial charge in [0.2, 0.25) is 0 Å². The van der Waals surface area contributed by atoms with Gasteiger partial charge in [0.1, 0.15) is 23.9 Å².